The van der Waals surface area contributed by atoms with Crippen LogP contribution in [-0.4, -0.2) is 0 Å². The molecule has 4 heteroatoms. The third kappa shape index (κ3) is 19.9. The zero-order valence-corrected chi connectivity index (χ0v) is 4.94. The maximum atomic E-state index is 8.47. The Bertz CT molecular complexity index is 13.5. The molecule has 0 atom stereocenters. The maximum absolute atomic E-state index is 8.47. The molecule has 0 amide bonds. The monoisotopic (exact) mass is 189 g/mol. The van der Waals surface area contributed by atoms with Gasteiger partial charge in [0, 0.05) is 4.20 Å². The fourth-order valence-corrected chi connectivity index (χ4v) is 0. The average molecular weight is 191 g/mol. The Labute approximate surface area is 42.7 Å². The van der Waals surface area contributed by atoms with Gasteiger partial charge in [0.15, 0.2) is 0 Å². The highest BCUT2D eigenvalue weighted by atomic mass is 79.9. The highest BCUT2D eigenvalue weighted by Gasteiger charge is 1.26. The minimum Gasteiger partial charge on any atom is -0.137 e. The summed E-state index contributed by atoms with van der Waals surface area (Å²) in [5.74, 6) is 0. The minimum atomic E-state index is 0. The SMILES string of the molecule is Br.O=NBr. The molecule has 2 nitrogen and oxygen atoms in total. The van der Waals surface area contributed by atoms with Crippen molar-refractivity contribution in [2.24, 2.45) is 4.20 Å². The lowest BCUT2D eigenvalue weighted by Gasteiger charge is -1.21. The van der Waals surface area contributed by atoms with Gasteiger partial charge in [0.05, 0.1) is 0 Å². The normalized spacial score (nSPS) is 3.25. The van der Waals surface area contributed by atoms with E-state index in [4.69, 9.17) is 4.91 Å². The van der Waals surface area contributed by atoms with Crippen LogP contribution in [0.4, 0.5) is 0 Å². The predicted octanol–water partition coefficient (Wildman–Crippen LogP) is 1.64. The van der Waals surface area contributed by atoms with E-state index < -0.39 is 0 Å². The van der Waals surface area contributed by atoms with Crippen LogP contribution in [0.15, 0.2) is 4.20 Å². The van der Waals surface area contributed by atoms with E-state index in [1.54, 1.807) is 0 Å². The molecule has 0 rings (SSSR count). The summed E-state index contributed by atoms with van der Waals surface area (Å²) < 4.78 is 2.06. The van der Waals surface area contributed by atoms with E-state index in [-0.39, 0.29) is 17.0 Å². The largest absolute Gasteiger partial charge is 0.137 e. The van der Waals surface area contributed by atoms with E-state index in [9.17, 15) is 0 Å². The van der Waals surface area contributed by atoms with Crippen molar-refractivity contribution in [3.63, 3.8) is 0 Å². The molecule has 26 valence electrons. The highest BCUT2D eigenvalue weighted by Crippen LogP contribution is 1.68. The molecule has 0 radical (unpaired) electrons. The Morgan fingerprint density at radius 3 is 1.75 bits per heavy atom. The molecular formula is HBr2NO. The summed E-state index contributed by atoms with van der Waals surface area (Å²) in [4.78, 5) is 8.47. The van der Waals surface area contributed by atoms with Crippen molar-refractivity contribution in [1.82, 2.24) is 0 Å². The van der Waals surface area contributed by atoms with E-state index in [0.29, 0.717) is 0 Å². The molecule has 0 unspecified atom stereocenters. The number of nitroso groups, excluding NO2 is 1. The zero-order valence-electron chi connectivity index (χ0n) is 1.64. The van der Waals surface area contributed by atoms with Gasteiger partial charge in [-0.3, -0.25) is 0 Å². The molecule has 0 spiro atoms. The first kappa shape index (κ1) is 8.82. The first-order valence-corrected chi connectivity index (χ1v) is 1.06. The minimum absolute atomic E-state index is 0. The van der Waals surface area contributed by atoms with Crippen LogP contribution < -0.4 is 0 Å². The molecule has 0 N–H and O–H groups in total. The average Bonchev–Trinajstić information content (AvgIpc) is 0.918. The Morgan fingerprint density at radius 1 is 1.75 bits per heavy atom. The van der Waals surface area contributed by atoms with Gasteiger partial charge in [-0.05, 0) is 0 Å². The first-order chi connectivity index (χ1) is 1.41. The first-order valence-electron chi connectivity index (χ1n) is 0.352. The quantitative estimate of drug-likeness (QED) is 0.535. The van der Waals surface area contributed by atoms with E-state index in [2.05, 4.69) is 20.4 Å². The Kier molecular flexibility index (Phi) is 21.1. The number of rotatable bonds is 0. The van der Waals surface area contributed by atoms with Crippen LogP contribution in [0, 0.1) is 4.91 Å². The van der Waals surface area contributed by atoms with Crippen LogP contribution in [-0.2, 0) is 0 Å². The summed E-state index contributed by atoms with van der Waals surface area (Å²) in [5.41, 5.74) is 0. The summed E-state index contributed by atoms with van der Waals surface area (Å²) >= 11 is 2.22. The molecule has 4 heavy (non-hydrogen) atoms. The molecule has 0 aliphatic carbocycles. The molecule has 0 aromatic carbocycles. The predicted molar refractivity (Wildman–Crippen MR) is 25.0 cm³/mol. The van der Waals surface area contributed by atoms with Crippen LogP contribution in [0.5, 0.6) is 0 Å². The molecule has 0 bridgehead atoms. The van der Waals surface area contributed by atoms with Crippen molar-refractivity contribution < 1.29 is 0 Å². The summed E-state index contributed by atoms with van der Waals surface area (Å²) in [5, 5.41) is 0. The number of hydrogen-bond acceptors (Lipinski definition) is 2. The Balaban J connectivity index is 0. The van der Waals surface area contributed by atoms with Crippen molar-refractivity contribution in [3.8, 4) is 0 Å². The van der Waals surface area contributed by atoms with Gasteiger partial charge in [-0.2, -0.15) is 0 Å². The van der Waals surface area contributed by atoms with Crippen LogP contribution >= 0.6 is 33.1 Å². The molecule has 0 aromatic rings. The fourth-order valence-electron chi connectivity index (χ4n) is 0. The van der Waals surface area contributed by atoms with Crippen molar-refractivity contribution in [3.05, 3.63) is 4.91 Å². The molecule has 0 saturated heterocycles. The molecule has 0 aliphatic rings. The van der Waals surface area contributed by atoms with Gasteiger partial charge >= 0.3 is 0 Å². The van der Waals surface area contributed by atoms with E-state index in [0.717, 1.165) is 0 Å². The molecule has 0 aliphatic heterocycles. The van der Waals surface area contributed by atoms with E-state index in [1.165, 1.54) is 0 Å². The number of nitrogens with zero attached hydrogens (tertiary/aromatic N) is 1. The lowest BCUT2D eigenvalue weighted by atomic mass is 13.8. The summed E-state index contributed by atoms with van der Waals surface area (Å²) in [6, 6.07) is 0. The smallest absolute Gasteiger partial charge is 0.126 e. The topological polar surface area (TPSA) is 29.4 Å². The number of hydrogen-bond donors (Lipinski definition) is 0. The zero-order chi connectivity index (χ0) is 2.71. The molecule has 0 saturated carbocycles. The fraction of sp³-hybridized carbons (Fsp3) is 0. The summed E-state index contributed by atoms with van der Waals surface area (Å²) in [6.07, 6.45) is 0. The van der Waals surface area contributed by atoms with Gasteiger partial charge in [0.25, 0.3) is 0 Å². The number of halogens is 2. The van der Waals surface area contributed by atoms with Crippen molar-refractivity contribution in [2.45, 2.75) is 0 Å². The second-order valence-electron chi connectivity index (χ2n) is 0.0690. The standard InChI is InChI=1S/BrNO.BrH/c1-2-3;/h;1H. The van der Waals surface area contributed by atoms with Crippen LogP contribution in [0.25, 0.3) is 0 Å². The third-order valence-corrected chi connectivity index (χ3v) is 0. The van der Waals surface area contributed by atoms with Crippen molar-refractivity contribution in [2.75, 3.05) is 0 Å². The summed E-state index contributed by atoms with van der Waals surface area (Å²) in [7, 11) is 0. The second-order valence-corrected chi connectivity index (χ2v) is 0.359. The van der Waals surface area contributed by atoms with Crippen LogP contribution in [0.1, 0.15) is 0 Å². The second kappa shape index (κ2) is 9.59. The van der Waals surface area contributed by atoms with Crippen molar-refractivity contribution in [1.29, 1.82) is 0 Å². The van der Waals surface area contributed by atoms with Gasteiger partial charge in [-0.1, -0.05) is 0 Å². The third-order valence-electron chi connectivity index (χ3n) is 0. The lowest BCUT2D eigenvalue weighted by molar-refractivity contribution is 1.94. The van der Waals surface area contributed by atoms with Gasteiger partial charge in [-0.25, -0.2) is 0 Å². The summed E-state index contributed by atoms with van der Waals surface area (Å²) in [6.45, 7) is 0. The van der Waals surface area contributed by atoms with Crippen molar-refractivity contribution >= 4 is 33.1 Å². The van der Waals surface area contributed by atoms with Crippen LogP contribution in [0.3, 0.4) is 0 Å². The molecule has 0 heterocycles. The van der Waals surface area contributed by atoms with E-state index >= 15 is 0 Å². The maximum Gasteiger partial charge on any atom is 0.126 e. The van der Waals surface area contributed by atoms with Gasteiger partial charge in [0.1, 0.15) is 16.1 Å². The van der Waals surface area contributed by atoms with E-state index in [1.807, 2.05) is 0 Å². The van der Waals surface area contributed by atoms with Gasteiger partial charge in [0.2, 0.25) is 0 Å². The molecule has 0 aromatic heterocycles. The van der Waals surface area contributed by atoms with Gasteiger partial charge in [-0.15, -0.1) is 21.9 Å². The molecule has 0 fully saturated rings. The Morgan fingerprint density at radius 2 is 1.75 bits per heavy atom. The lowest BCUT2D eigenvalue weighted by Crippen LogP contribution is -0.913. The van der Waals surface area contributed by atoms with Crippen LogP contribution in [0.2, 0.25) is 0 Å². The van der Waals surface area contributed by atoms with Gasteiger partial charge < -0.3 is 0 Å². The molecular weight excluding hydrogens is 190 g/mol. The highest BCUT2D eigenvalue weighted by molar-refractivity contribution is 9.08. The Hall–Kier alpha value is 0.560.